The molecule has 0 aliphatic heterocycles. The third kappa shape index (κ3) is 3.73. The van der Waals surface area contributed by atoms with Gasteiger partial charge in [0.25, 0.3) is 0 Å². The minimum absolute atomic E-state index is 0.0275. The molecule has 0 radical (unpaired) electrons. The van der Waals surface area contributed by atoms with Crippen LogP contribution in [0.4, 0.5) is 0 Å². The molecule has 0 amide bonds. The Kier molecular flexibility index (Phi) is 5.49. The van der Waals surface area contributed by atoms with Crippen LogP contribution in [0.5, 0.6) is 0 Å². The second-order valence-corrected chi connectivity index (χ2v) is 13.7. The van der Waals surface area contributed by atoms with Crippen LogP contribution in [0.15, 0.2) is 140 Å². The van der Waals surface area contributed by atoms with Crippen molar-refractivity contribution in [3.05, 3.63) is 162 Å². The molecule has 2 aromatic heterocycles. The van der Waals surface area contributed by atoms with Crippen LogP contribution in [0.25, 0.3) is 72.4 Å². The summed E-state index contributed by atoms with van der Waals surface area (Å²) < 4.78 is 4.92. The fourth-order valence-electron chi connectivity index (χ4n) is 8.54. The summed E-state index contributed by atoms with van der Waals surface area (Å²) in [6, 6.07) is 49.6. The van der Waals surface area contributed by atoms with Crippen LogP contribution >= 0.6 is 0 Å². The number of hydrogen-bond acceptors (Lipinski definition) is 0. The van der Waals surface area contributed by atoms with Crippen molar-refractivity contribution < 1.29 is 0 Å². The van der Waals surface area contributed by atoms with Crippen LogP contribution in [0, 0.1) is 0 Å². The number of rotatable bonds is 3. The lowest BCUT2D eigenvalue weighted by Gasteiger charge is -2.22. The Balaban J connectivity index is 1.14. The molecule has 6 aromatic carbocycles. The quantitative estimate of drug-likeness (QED) is 0.190. The highest BCUT2D eigenvalue weighted by Gasteiger charge is 2.35. The molecule has 47 heavy (non-hydrogen) atoms. The molecule has 8 aromatic rings. The molecule has 0 N–H and O–H groups in total. The summed E-state index contributed by atoms with van der Waals surface area (Å²) in [5.41, 5.74) is 17.0. The van der Waals surface area contributed by atoms with E-state index in [4.69, 9.17) is 0 Å². The molecule has 10 rings (SSSR count). The highest BCUT2D eigenvalue weighted by atomic mass is 15.0. The van der Waals surface area contributed by atoms with Crippen LogP contribution in [-0.2, 0) is 11.8 Å². The lowest BCUT2D eigenvalue weighted by Crippen LogP contribution is -2.15. The van der Waals surface area contributed by atoms with Gasteiger partial charge in [-0.05, 0) is 101 Å². The molecule has 0 atom stereocenters. The van der Waals surface area contributed by atoms with E-state index in [2.05, 4.69) is 169 Å². The van der Waals surface area contributed by atoms with Gasteiger partial charge >= 0.3 is 0 Å². The number of aromatic nitrogens is 2. The van der Waals surface area contributed by atoms with Gasteiger partial charge in [-0.1, -0.05) is 105 Å². The second kappa shape index (κ2) is 9.70. The Bertz CT molecular complexity index is 2590. The lowest BCUT2D eigenvalue weighted by atomic mass is 9.82. The van der Waals surface area contributed by atoms with Crippen LogP contribution in [0.2, 0.25) is 0 Å². The maximum absolute atomic E-state index is 2.54. The molecule has 2 heterocycles. The third-order valence-electron chi connectivity index (χ3n) is 10.8. The van der Waals surface area contributed by atoms with Gasteiger partial charge in [0.05, 0.1) is 16.6 Å². The van der Waals surface area contributed by atoms with E-state index in [1.54, 1.807) is 0 Å². The highest BCUT2D eigenvalue weighted by Crippen LogP contribution is 2.49. The molecule has 224 valence electrons. The number of para-hydroxylation sites is 2. The molecule has 0 unspecified atom stereocenters. The smallest absolute Gasteiger partial charge is 0.0541 e. The maximum Gasteiger partial charge on any atom is 0.0541 e. The van der Waals surface area contributed by atoms with Gasteiger partial charge < -0.3 is 9.13 Å². The Morgan fingerprint density at radius 1 is 0.511 bits per heavy atom. The molecule has 0 spiro atoms. The number of hydrogen-bond donors (Lipinski definition) is 0. The Labute approximate surface area is 274 Å². The van der Waals surface area contributed by atoms with Crippen LogP contribution < -0.4 is 0 Å². The monoisotopic (exact) mass is 602 g/mol. The SMILES string of the molecule is CC1(C)c2ccccc2-c2ccc(-n3c4c(c5cc(-c6ccc7c(c6)c6ccccc6n7-c6ccccc6)ccc53)C=CCC4)cc21. The summed E-state index contributed by atoms with van der Waals surface area (Å²) in [5.74, 6) is 0. The first-order valence-corrected chi connectivity index (χ1v) is 16.8. The lowest BCUT2D eigenvalue weighted by molar-refractivity contribution is 0.659. The van der Waals surface area contributed by atoms with Crippen LogP contribution in [0.3, 0.4) is 0 Å². The highest BCUT2D eigenvalue weighted by molar-refractivity contribution is 6.10. The summed E-state index contributed by atoms with van der Waals surface area (Å²) in [4.78, 5) is 0. The zero-order valence-corrected chi connectivity index (χ0v) is 26.7. The van der Waals surface area contributed by atoms with Crippen molar-refractivity contribution in [3.63, 3.8) is 0 Å². The van der Waals surface area contributed by atoms with Crippen molar-refractivity contribution in [1.29, 1.82) is 0 Å². The predicted octanol–water partition coefficient (Wildman–Crippen LogP) is 11.7. The first-order valence-electron chi connectivity index (χ1n) is 16.8. The standard InChI is InChI=1S/C45H34N2/c1-45(2)39-17-9-6-14-33(39)34-23-22-32(28-40(34)45)47-42-19-11-8-16-36(42)38-27-30(21-25-44(38)47)29-20-24-43-37(26-29)35-15-7-10-18-41(35)46(43)31-12-4-3-5-13-31/h3-10,12-18,20-28H,11,19H2,1-2H3. The Hall–Kier alpha value is -5.60. The molecule has 2 aliphatic carbocycles. The van der Waals surface area contributed by atoms with Gasteiger partial charge in [-0.25, -0.2) is 0 Å². The fourth-order valence-corrected chi connectivity index (χ4v) is 8.54. The van der Waals surface area contributed by atoms with Crippen molar-refractivity contribution in [2.75, 3.05) is 0 Å². The van der Waals surface area contributed by atoms with Gasteiger partial charge in [-0.3, -0.25) is 0 Å². The molecule has 2 aliphatic rings. The molecule has 0 fully saturated rings. The van der Waals surface area contributed by atoms with Gasteiger partial charge in [-0.2, -0.15) is 0 Å². The van der Waals surface area contributed by atoms with Gasteiger partial charge in [-0.15, -0.1) is 0 Å². The van der Waals surface area contributed by atoms with Crippen molar-refractivity contribution in [3.8, 4) is 33.6 Å². The van der Waals surface area contributed by atoms with Crippen molar-refractivity contribution >= 4 is 38.8 Å². The normalized spacial score (nSPS) is 14.5. The second-order valence-electron chi connectivity index (χ2n) is 13.7. The van der Waals surface area contributed by atoms with Gasteiger partial charge in [0.15, 0.2) is 0 Å². The summed E-state index contributed by atoms with van der Waals surface area (Å²) in [7, 11) is 0. The van der Waals surface area contributed by atoms with Crippen LogP contribution in [0.1, 0.15) is 42.7 Å². The number of allylic oxidation sites excluding steroid dienone is 1. The van der Waals surface area contributed by atoms with E-state index in [0.717, 1.165) is 12.8 Å². The number of fused-ring (bicyclic) bond motifs is 9. The Morgan fingerprint density at radius 3 is 2.04 bits per heavy atom. The maximum atomic E-state index is 2.54. The van der Waals surface area contributed by atoms with E-state index < -0.39 is 0 Å². The van der Waals surface area contributed by atoms with E-state index in [0.29, 0.717) is 0 Å². The van der Waals surface area contributed by atoms with E-state index >= 15 is 0 Å². The Morgan fingerprint density at radius 2 is 1.19 bits per heavy atom. The van der Waals surface area contributed by atoms with Gasteiger partial charge in [0, 0.05) is 44.2 Å². The predicted molar refractivity (Wildman–Crippen MR) is 198 cm³/mol. The van der Waals surface area contributed by atoms with Crippen molar-refractivity contribution in [2.45, 2.75) is 32.1 Å². The van der Waals surface area contributed by atoms with Gasteiger partial charge in [0.1, 0.15) is 0 Å². The molecular formula is C45H34N2. The van der Waals surface area contributed by atoms with Crippen molar-refractivity contribution in [2.24, 2.45) is 0 Å². The van der Waals surface area contributed by atoms with E-state index in [1.165, 1.54) is 88.7 Å². The summed E-state index contributed by atoms with van der Waals surface area (Å²) in [6.45, 7) is 4.74. The zero-order chi connectivity index (χ0) is 31.3. The third-order valence-corrected chi connectivity index (χ3v) is 10.8. The van der Waals surface area contributed by atoms with E-state index in [1.807, 2.05) is 0 Å². The topological polar surface area (TPSA) is 9.86 Å². The minimum atomic E-state index is -0.0275. The minimum Gasteiger partial charge on any atom is -0.313 e. The van der Waals surface area contributed by atoms with Crippen LogP contribution in [-0.4, -0.2) is 9.13 Å². The average molecular weight is 603 g/mol. The van der Waals surface area contributed by atoms with E-state index in [-0.39, 0.29) is 5.41 Å². The molecule has 0 bridgehead atoms. The molecular weight excluding hydrogens is 569 g/mol. The summed E-state index contributed by atoms with van der Waals surface area (Å²) >= 11 is 0. The van der Waals surface area contributed by atoms with E-state index in [9.17, 15) is 0 Å². The van der Waals surface area contributed by atoms with Gasteiger partial charge in [0.2, 0.25) is 0 Å². The number of benzene rings is 6. The number of nitrogens with zero attached hydrogens (tertiary/aromatic N) is 2. The molecule has 2 nitrogen and oxygen atoms in total. The molecule has 0 saturated carbocycles. The molecule has 2 heteroatoms. The zero-order valence-electron chi connectivity index (χ0n) is 26.7. The largest absolute Gasteiger partial charge is 0.313 e. The fraction of sp³-hybridized carbons (Fsp3) is 0.111. The summed E-state index contributed by atoms with van der Waals surface area (Å²) in [5, 5.41) is 3.88. The first kappa shape index (κ1) is 26.6. The molecule has 0 saturated heterocycles. The summed E-state index contributed by atoms with van der Waals surface area (Å²) in [6.07, 6.45) is 6.80. The average Bonchev–Trinajstić information content (AvgIpc) is 3.71. The van der Waals surface area contributed by atoms with Crippen molar-refractivity contribution in [1.82, 2.24) is 9.13 Å². The first-order chi connectivity index (χ1) is 23.1.